The third kappa shape index (κ3) is 3.35. The fourth-order valence-corrected chi connectivity index (χ4v) is 1.60. The summed E-state index contributed by atoms with van der Waals surface area (Å²) in [7, 11) is 0. The number of allylic oxidation sites excluding steroid dienone is 1. The molecular formula is C15H11FNO3+. The molecule has 5 heteroatoms. The lowest BCUT2D eigenvalue weighted by Crippen LogP contribution is -1.96. The van der Waals surface area contributed by atoms with E-state index in [-0.39, 0.29) is 17.3 Å². The minimum atomic E-state index is -0.505. The monoisotopic (exact) mass is 272 g/mol. The van der Waals surface area contributed by atoms with Crippen molar-refractivity contribution >= 4 is 17.5 Å². The smallest absolute Gasteiger partial charge is 0.273 e. The van der Waals surface area contributed by atoms with Crippen LogP contribution in [-0.2, 0) is 0 Å². The molecule has 0 spiro atoms. The van der Waals surface area contributed by atoms with Gasteiger partial charge in [0.05, 0.1) is 10.5 Å². The number of nitro benzene ring substituents is 1. The molecule has 0 aliphatic carbocycles. The SMILES string of the molecule is O=[N+]([O-])c1ccc(C(=[OH+])/C=C/c2ccc(F)cc2)cc1. The first-order valence-corrected chi connectivity index (χ1v) is 5.80. The molecule has 0 aromatic heterocycles. The third-order valence-electron chi connectivity index (χ3n) is 2.68. The number of hydrogen-bond acceptors (Lipinski definition) is 2. The van der Waals surface area contributed by atoms with E-state index in [0.717, 1.165) is 5.56 Å². The van der Waals surface area contributed by atoms with Crippen molar-refractivity contribution in [2.24, 2.45) is 0 Å². The summed E-state index contributed by atoms with van der Waals surface area (Å²) in [6.07, 6.45) is 3.07. The highest BCUT2D eigenvalue weighted by molar-refractivity contribution is 6.07. The fourth-order valence-electron chi connectivity index (χ4n) is 1.60. The highest BCUT2D eigenvalue weighted by atomic mass is 19.1. The second-order valence-electron chi connectivity index (χ2n) is 4.07. The molecule has 0 unspecified atom stereocenters. The lowest BCUT2D eigenvalue weighted by Gasteiger charge is -1.93. The average molecular weight is 272 g/mol. The first kappa shape index (κ1) is 13.6. The number of nitrogens with zero attached hydrogens (tertiary/aromatic N) is 1. The molecule has 20 heavy (non-hydrogen) atoms. The van der Waals surface area contributed by atoms with E-state index in [4.69, 9.17) is 0 Å². The van der Waals surface area contributed by atoms with Gasteiger partial charge in [0, 0.05) is 18.2 Å². The zero-order valence-corrected chi connectivity index (χ0v) is 10.4. The van der Waals surface area contributed by atoms with Gasteiger partial charge >= 0.3 is 5.78 Å². The predicted octanol–water partition coefficient (Wildman–Crippen LogP) is 3.34. The number of halogens is 1. The molecule has 2 aromatic carbocycles. The molecule has 2 aromatic rings. The van der Waals surface area contributed by atoms with E-state index in [2.05, 4.69) is 0 Å². The first-order valence-electron chi connectivity index (χ1n) is 5.80. The molecule has 0 atom stereocenters. The lowest BCUT2D eigenvalue weighted by atomic mass is 10.1. The van der Waals surface area contributed by atoms with Gasteiger partial charge in [-0.25, -0.2) is 4.39 Å². The molecule has 100 valence electrons. The van der Waals surface area contributed by atoms with Crippen molar-refractivity contribution in [1.82, 2.24) is 0 Å². The van der Waals surface area contributed by atoms with Crippen LogP contribution in [0.15, 0.2) is 54.6 Å². The number of carbonyl (C=O) groups excluding carboxylic acids is 1. The Morgan fingerprint density at radius 2 is 1.70 bits per heavy atom. The summed E-state index contributed by atoms with van der Waals surface area (Å²) in [6.45, 7) is 0. The van der Waals surface area contributed by atoms with Gasteiger partial charge in [-0.1, -0.05) is 12.1 Å². The van der Waals surface area contributed by atoms with Gasteiger partial charge in [0.25, 0.3) is 5.69 Å². The minimum Gasteiger partial charge on any atom is -0.273 e. The van der Waals surface area contributed by atoms with Gasteiger partial charge in [-0.2, -0.15) is 0 Å². The summed E-state index contributed by atoms with van der Waals surface area (Å²) in [5, 5.41) is 10.5. The van der Waals surface area contributed by atoms with Crippen molar-refractivity contribution in [1.29, 1.82) is 0 Å². The highest BCUT2D eigenvalue weighted by Crippen LogP contribution is 2.13. The summed E-state index contributed by atoms with van der Waals surface area (Å²) in [4.78, 5) is 19.9. The van der Waals surface area contributed by atoms with Crippen molar-refractivity contribution < 1.29 is 14.1 Å². The lowest BCUT2D eigenvalue weighted by molar-refractivity contribution is -0.384. The highest BCUT2D eigenvalue weighted by Gasteiger charge is 2.11. The van der Waals surface area contributed by atoms with Crippen LogP contribution in [0.2, 0.25) is 0 Å². The van der Waals surface area contributed by atoms with Crippen LogP contribution in [0.1, 0.15) is 11.1 Å². The molecule has 0 saturated heterocycles. The molecular weight excluding hydrogens is 261 g/mol. The molecule has 2 rings (SSSR count). The standard InChI is InChI=1S/C15H10FNO3/c16-13-6-1-11(2-7-13)3-10-15(18)12-4-8-14(9-5-12)17(19)20/h1-10H/p+1/b10-3+. The minimum absolute atomic E-state index is 0.0239. The average Bonchev–Trinajstić information content (AvgIpc) is 2.46. The number of non-ortho nitro benzene ring substituents is 1. The van der Waals surface area contributed by atoms with Crippen LogP contribution in [0.25, 0.3) is 6.08 Å². The number of benzene rings is 2. The predicted molar refractivity (Wildman–Crippen MR) is 74.6 cm³/mol. The largest absolute Gasteiger partial charge is 0.347 e. The molecule has 0 aliphatic heterocycles. The molecule has 4 nitrogen and oxygen atoms in total. The zero-order valence-electron chi connectivity index (χ0n) is 10.4. The van der Waals surface area contributed by atoms with Crippen LogP contribution in [0, 0.1) is 15.9 Å². The molecule has 0 saturated carbocycles. The van der Waals surface area contributed by atoms with Crippen LogP contribution in [0.5, 0.6) is 0 Å². The first-order chi connectivity index (χ1) is 9.56. The van der Waals surface area contributed by atoms with Crippen molar-refractivity contribution in [2.45, 2.75) is 0 Å². The van der Waals surface area contributed by atoms with Crippen LogP contribution in [-0.4, -0.2) is 15.5 Å². The molecule has 0 bridgehead atoms. The molecule has 0 fully saturated rings. The van der Waals surface area contributed by atoms with Crippen molar-refractivity contribution in [3.05, 3.63) is 81.7 Å². The normalized spacial score (nSPS) is 10.7. The summed E-state index contributed by atoms with van der Waals surface area (Å²) < 4.78 is 12.7. The zero-order chi connectivity index (χ0) is 14.5. The van der Waals surface area contributed by atoms with Crippen LogP contribution in [0.3, 0.4) is 0 Å². The van der Waals surface area contributed by atoms with E-state index in [1.54, 1.807) is 18.2 Å². The topological polar surface area (TPSA) is 64.5 Å². The maximum absolute atomic E-state index is 12.7. The van der Waals surface area contributed by atoms with Gasteiger partial charge in [-0.15, -0.1) is 0 Å². The van der Waals surface area contributed by atoms with Crippen LogP contribution >= 0.6 is 0 Å². The van der Waals surface area contributed by atoms with Gasteiger partial charge in [0.2, 0.25) is 0 Å². The van der Waals surface area contributed by atoms with E-state index < -0.39 is 4.92 Å². The number of rotatable bonds is 4. The van der Waals surface area contributed by atoms with E-state index in [1.165, 1.54) is 42.5 Å². The van der Waals surface area contributed by atoms with E-state index in [0.29, 0.717) is 5.56 Å². The Bertz CT molecular complexity index is 661. The second-order valence-corrected chi connectivity index (χ2v) is 4.07. The van der Waals surface area contributed by atoms with Gasteiger partial charge in [0.1, 0.15) is 5.82 Å². The number of ketones is 1. The molecule has 1 N–H and O–H groups in total. The van der Waals surface area contributed by atoms with Gasteiger partial charge in [-0.3, -0.25) is 14.9 Å². The van der Waals surface area contributed by atoms with E-state index >= 15 is 0 Å². The maximum Gasteiger partial charge on any atom is 0.347 e. The van der Waals surface area contributed by atoms with Crippen LogP contribution < -0.4 is 0 Å². The summed E-state index contributed by atoms with van der Waals surface area (Å²) >= 11 is 0. The van der Waals surface area contributed by atoms with Crippen LogP contribution in [0.4, 0.5) is 10.1 Å². The Hall–Kier alpha value is -2.82. The Labute approximate surface area is 114 Å². The Morgan fingerprint density at radius 1 is 1.10 bits per heavy atom. The van der Waals surface area contributed by atoms with E-state index in [9.17, 15) is 19.3 Å². The maximum atomic E-state index is 12.7. The molecule has 0 amide bonds. The number of hydrogen-bond donors (Lipinski definition) is 0. The summed E-state index contributed by atoms with van der Waals surface area (Å²) in [5.41, 5.74) is 1.16. The summed E-state index contributed by atoms with van der Waals surface area (Å²) in [6, 6.07) is 11.4. The summed E-state index contributed by atoms with van der Waals surface area (Å²) in [5.74, 6) is -0.352. The molecule has 0 heterocycles. The number of nitro groups is 1. The quantitative estimate of drug-likeness (QED) is 0.282. The second kappa shape index (κ2) is 5.88. The Kier molecular flexibility index (Phi) is 4.00. The van der Waals surface area contributed by atoms with Gasteiger partial charge in [0.15, 0.2) is 0 Å². The molecule has 0 radical (unpaired) electrons. The Balaban J connectivity index is 2.11. The van der Waals surface area contributed by atoms with Crippen molar-refractivity contribution in [2.75, 3.05) is 0 Å². The third-order valence-corrected chi connectivity index (χ3v) is 2.68. The van der Waals surface area contributed by atoms with Gasteiger partial charge < -0.3 is 0 Å². The van der Waals surface area contributed by atoms with Crippen molar-refractivity contribution in [3.63, 3.8) is 0 Å². The van der Waals surface area contributed by atoms with Crippen molar-refractivity contribution in [3.8, 4) is 0 Å². The van der Waals surface area contributed by atoms with Gasteiger partial charge in [-0.05, 0) is 35.9 Å². The fraction of sp³-hybridized carbons (Fsp3) is 0. The Morgan fingerprint density at radius 3 is 2.25 bits per heavy atom. The van der Waals surface area contributed by atoms with E-state index in [1.807, 2.05) is 0 Å². The molecule has 0 aliphatic rings.